The zero-order valence-electron chi connectivity index (χ0n) is 11.7. The zero-order valence-corrected chi connectivity index (χ0v) is 11.7. The molecule has 2 rings (SSSR count). The highest BCUT2D eigenvalue weighted by Crippen LogP contribution is 2.39. The molecule has 0 unspecified atom stereocenters. The number of carbonyl (C=O) groups is 1. The highest BCUT2D eigenvalue weighted by atomic mass is 16.5. The van der Waals surface area contributed by atoms with E-state index in [-0.39, 0.29) is 17.2 Å². The number of hydrogen-bond donors (Lipinski definition) is 1. The standard InChI is InChI=1S/C16H13N3O2/c1-9(20)14-10(2)21-16(19)13(8-18)15(14)12-5-3-11(7-17)4-6-12/h3-6,15H,19H2,1-2H3/t15-/m1/s1. The predicted molar refractivity (Wildman–Crippen MR) is 75.2 cm³/mol. The Bertz CT molecular complexity index is 743. The lowest BCUT2D eigenvalue weighted by Gasteiger charge is -2.26. The quantitative estimate of drug-likeness (QED) is 0.894. The van der Waals surface area contributed by atoms with Crippen molar-refractivity contribution in [2.24, 2.45) is 5.73 Å². The average molecular weight is 279 g/mol. The molecule has 5 nitrogen and oxygen atoms in total. The van der Waals surface area contributed by atoms with Gasteiger partial charge in [-0.15, -0.1) is 0 Å². The fourth-order valence-corrected chi connectivity index (χ4v) is 2.42. The van der Waals surface area contributed by atoms with Crippen LogP contribution in [0.15, 0.2) is 47.1 Å². The number of nitrogens with zero attached hydrogens (tertiary/aromatic N) is 2. The van der Waals surface area contributed by atoms with Gasteiger partial charge < -0.3 is 10.5 Å². The van der Waals surface area contributed by atoms with E-state index in [0.29, 0.717) is 16.9 Å². The van der Waals surface area contributed by atoms with Crippen LogP contribution < -0.4 is 5.73 Å². The number of carbonyl (C=O) groups excluding carboxylic acids is 1. The van der Waals surface area contributed by atoms with E-state index in [4.69, 9.17) is 15.7 Å². The first kappa shape index (κ1) is 14.4. The minimum Gasteiger partial charge on any atom is -0.445 e. The Hall–Kier alpha value is -3.05. The van der Waals surface area contributed by atoms with E-state index in [1.165, 1.54) is 6.92 Å². The molecule has 0 fully saturated rings. The average Bonchev–Trinajstić information content (AvgIpc) is 2.46. The van der Waals surface area contributed by atoms with Gasteiger partial charge in [-0.3, -0.25) is 4.79 Å². The molecule has 1 heterocycles. The first-order valence-electron chi connectivity index (χ1n) is 6.29. The summed E-state index contributed by atoms with van der Waals surface area (Å²) in [5, 5.41) is 18.2. The number of benzene rings is 1. The van der Waals surface area contributed by atoms with E-state index in [1.807, 2.05) is 12.1 Å². The van der Waals surface area contributed by atoms with Gasteiger partial charge in [0.2, 0.25) is 5.88 Å². The number of Topliss-reactive ketones (excluding diaryl/α,β-unsaturated/α-hetero) is 1. The second-order valence-electron chi connectivity index (χ2n) is 4.68. The molecule has 21 heavy (non-hydrogen) atoms. The van der Waals surface area contributed by atoms with Gasteiger partial charge in [-0.25, -0.2) is 0 Å². The number of allylic oxidation sites excluding steroid dienone is 3. The third-order valence-electron chi connectivity index (χ3n) is 3.36. The summed E-state index contributed by atoms with van der Waals surface area (Å²) in [6.45, 7) is 3.07. The van der Waals surface area contributed by atoms with Crippen LogP contribution in [0.5, 0.6) is 0 Å². The summed E-state index contributed by atoms with van der Waals surface area (Å²) in [6, 6.07) is 10.8. The third kappa shape index (κ3) is 2.50. The topological polar surface area (TPSA) is 99.9 Å². The Morgan fingerprint density at radius 3 is 2.33 bits per heavy atom. The Labute approximate surface area is 122 Å². The van der Waals surface area contributed by atoms with E-state index in [9.17, 15) is 10.1 Å². The Morgan fingerprint density at radius 1 is 1.24 bits per heavy atom. The fourth-order valence-electron chi connectivity index (χ4n) is 2.42. The fraction of sp³-hybridized carbons (Fsp3) is 0.188. The van der Waals surface area contributed by atoms with Gasteiger partial charge >= 0.3 is 0 Å². The van der Waals surface area contributed by atoms with Crippen molar-refractivity contribution in [3.63, 3.8) is 0 Å². The van der Waals surface area contributed by atoms with Crippen molar-refractivity contribution in [2.75, 3.05) is 0 Å². The van der Waals surface area contributed by atoms with Crippen LogP contribution in [0.25, 0.3) is 0 Å². The van der Waals surface area contributed by atoms with Gasteiger partial charge in [0.1, 0.15) is 17.4 Å². The highest BCUT2D eigenvalue weighted by Gasteiger charge is 2.33. The largest absolute Gasteiger partial charge is 0.445 e. The first-order chi connectivity index (χ1) is 9.99. The van der Waals surface area contributed by atoms with E-state index in [0.717, 1.165) is 5.56 Å². The second-order valence-corrected chi connectivity index (χ2v) is 4.68. The molecular weight excluding hydrogens is 266 g/mol. The molecule has 5 heteroatoms. The summed E-state index contributed by atoms with van der Waals surface area (Å²) in [7, 11) is 0. The summed E-state index contributed by atoms with van der Waals surface area (Å²) >= 11 is 0. The van der Waals surface area contributed by atoms with Crippen LogP contribution >= 0.6 is 0 Å². The van der Waals surface area contributed by atoms with Gasteiger partial charge in [-0.05, 0) is 31.5 Å². The lowest BCUT2D eigenvalue weighted by atomic mass is 9.81. The molecule has 0 aromatic heterocycles. The maximum Gasteiger partial charge on any atom is 0.205 e. The predicted octanol–water partition coefficient (Wildman–Crippen LogP) is 2.23. The van der Waals surface area contributed by atoms with Crippen LogP contribution in [0.4, 0.5) is 0 Å². The number of ether oxygens (including phenoxy) is 1. The minimum atomic E-state index is -0.561. The Balaban J connectivity index is 2.63. The highest BCUT2D eigenvalue weighted by molar-refractivity contribution is 5.96. The molecule has 0 amide bonds. The lowest BCUT2D eigenvalue weighted by Crippen LogP contribution is -2.23. The molecule has 1 aliphatic rings. The molecule has 1 aromatic rings. The summed E-state index contributed by atoms with van der Waals surface area (Å²) in [5.41, 5.74) is 7.60. The molecule has 1 aromatic carbocycles. The van der Waals surface area contributed by atoms with Crippen molar-refractivity contribution in [2.45, 2.75) is 19.8 Å². The van der Waals surface area contributed by atoms with Crippen LogP contribution in [-0.2, 0) is 9.53 Å². The first-order valence-corrected chi connectivity index (χ1v) is 6.29. The molecular formula is C16H13N3O2. The summed E-state index contributed by atoms with van der Waals surface area (Å²) in [6.07, 6.45) is 0. The molecule has 1 aliphatic heterocycles. The molecule has 0 saturated heterocycles. The summed E-state index contributed by atoms with van der Waals surface area (Å²) < 4.78 is 5.30. The van der Waals surface area contributed by atoms with E-state index < -0.39 is 5.92 Å². The van der Waals surface area contributed by atoms with Gasteiger partial charge in [-0.1, -0.05) is 12.1 Å². The van der Waals surface area contributed by atoms with Crippen molar-refractivity contribution in [1.82, 2.24) is 0 Å². The van der Waals surface area contributed by atoms with Gasteiger partial charge in [0.05, 0.1) is 17.6 Å². The van der Waals surface area contributed by atoms with Gasteiger partial charge in [0.15, 0.2) is 5.78 Å². The molecule has 0 aliphatic carbocycles. The number of rotatable bonds is 2. The Kier molecular flexibility index (Phi) is 3.77. The number of nitriles is 2. The van der Waals surface area contributed by atoms with Crippen molar-refractivity contribution in [3.8, 4) is 12.1 Å². The van der Waals surface area contributed by atoms with Gasteiger partial charge in [-0.2, -0.15) is 10.5 Å². The lowest BCUT2D eigenvalue weighted by molar-refractivity contribution is -0.114. The van der Waals surface area contributed by atoms with Crippen molar-refractivity contribution < 1.29 is 9.53 Å². The van der Waals surface area contributed by atoms with E-state index >= 15 is 0 Å². The van der Waals surface area contributed by atoms with Crippen molar-refractivity contribution in [1.29, 1.82) is 10.5 Å². The molecule has 0 bridgehead atoms. The van der Waals surface area contributed by atoms with E-state index in [2.05, 4.69) is 0 Å². The molecule has 1 atom stereocenters. The Morgan fingerprint density at radius 2 is 1.86 bits per heavy atom. The minimum absolute atomic E-state index is 0.00867. The van der Waals surface area contributed by atoms with Crippen molar-refractivity contribution >= 4 is 5.78 Å². The molecule has 0 saturated carbocycles. The molecule has 104 valence electrons. The third-order valence-corrected chi connectivity index (χ3v) is 3.36. The zero-order chi connectivity index (χ0) is 15.6. The van der Waals surface area contributed by atoms with Crippen LogP contribution in [-0.4, -0.2) is 5.78 Å². The normalized spacial score (nSPS) is 17.8. The van der Waals surface area contributed by atoms with Crippen molar-refractivity contribution in [3.05, 3.63) is 58.2 Å². The number of hydrogen-bond acceptors (Lipinski definition) is 5. The van der Waals surface area contributed by atoms with Crippen LogP contribution in [0.3, 0.4) is 0 Å². The van der Waals surface area contributed by atoms with Gasteiger partial charge in [0.25, 0.3) is 0 Å². The van der Waals surface area contributed by atoms with Crippen LogP contribution in [0, 0.1) is 22.7 Å². The summed E-state index contributed by atoms with van der Waals surface area (Å²) in [5.74, 6) is -0.334. The van der Waals surface area contributed by atoms with Gasteiger partial charge in [0, 0.05) is 5.57 Å². The molecule has 0 radical (unpaired) electrons. The molecule has 0 spiro atoms. The van der Waals surface area contributed by atoms with Crippen LogP contribution in [0.2, 0.25) is 0 Å². The summed E-state index contributed by atoms with van der Waals surface area (Å²) in [4.78, 5) is 11.9. The van der Waals surface area contributed by atoms with Crippen LogP contribution in [0.1, 0.15) is 30.9 Å². The SMILES string of the molecule is CC(=O)C1=C(C)OC(N)=C(C#N)[C@H]1c1ccc(C#N)cc1. The number of nitrogens with two attached hydrogens (primary N) is 1. The smallest absolute Gasteiger partial charge is 0.205 e. The number of ketones is 1. The monoisotopic (exact) mass is 279 g/mol. The van der Waals surface area contributed by atoms with E-state index in [1.54, 1.807) is 31.2 Å². The maximum absolute atomic E-state index is 11.9. The maximum atomic E-state index is 11.9. The second kappa shape index (κ2) is 5.52. The molecule has 2 N–H and O–H groups in total.